The van der Waals surface area contributed by atoms with Gasteiger partial charge in [0.15, 0.2) is 11.6 Å². The van der Waals surface area contributed by atoms with Crippen molar-refractivity contribution in [2.75, 3.05) is 11.9 Å². The number of aromatic nitrogens is 5. The number of hydrogen-bond acceptors (Lipinski definition) is 7. The van der Waals surface area contributed by atoms with Gasteiger partial charge in [-0.3, -0.25) is 23.5 Å². The number of halogens is 2. The van der Waals surface area contributed by atoms with E-state index in [9.17, 15) is 23.2 Å². The van der Waals surface area contributed by atoms with Gasteiger partial charge >= 0.3 is 0 Å². The number of carbonyl (C=O) groups excluding carboxylic acids is 1. The Labute approximate surface area is 231 Å². The van der Waals surface area contributed by atoms with Crippen LogP contribution in [-0.2, 0) is 13.6 Å². The summed E-state index contributed by atoms with van der Waals surface area (Å²) in [5, 5.41) is 6.18. The molecular weight excluding hydrogens is 532 g/mol. The lowest BCUT2D eigenvalue weighted by Gasteiger charge is -2.08. The van der Waals surface area contributed by atoms with Gasteiger partial charge in [-0.15, -0.1) is 0 Å². The third-order valence-corrected chi connectivity index (χ3v) is 6.02. The summed E-state index contributed by atoms with van der Waals surface area (Å²) in [5.41, 5.74) is 0.413. The number of carbonyl (C=O) groups is 1. The van der Waals surface area contributed by atoms with Crippen molar-refractivity contribution in [1.29, 1.82) is 0 Å². The van der Waals surface area contributed by atoms with Gasteiger partial charge in [-0.25, -0.2) is 18.7 Å². The van der Waals surface area contributed by atoms with Crippen molar-refractivity contribution in [1.82, 2.24) is 29.4 Å². The van der Waals surface area contributed by atoms with Gasteiger partial charge in [-0.1, -0.05) is 36.1 Å². The second-order valence-corrected chi connectivity index (χ2v) is 8.86. The quantitative estimate of drug-likeness (QED) is 0.310. The highest BCUT2D eigenvalue weighted by Crippen LogP contribution is 2.16. The molecule has 0 saturated carbocycles. The second kappa shape index (κ2) is 11.6. The number of para-hydroxylation sites is 1. The van der Waals surface area contributed by atoms with Crippen LogP contribution in [0.3, 0.4) is 0 Å². The van der Waals surface area contributed by atoms with Crippen molar-refractivity contribution in [2.24, 2.45) is 7.05 Å². The van der Waals surface area contributed by atoms with Crippen LogP contribution in [0.15, 0.2) is 82.9 Å². The summed E-state index contributed by atoms with van der Waals surface area (Å²) in [6, 6.07) is 14.2. The maximum atomic E-state index is 13.5. The highest BCUT2D eigenvalue weighted by molar-refractivity contribution is 5.93. The minimum absolute atomic E-state index is 0.108. The van der Waals surface area contributed by atoms with Crippen LogP contribution in [0.2, 0.25) is 0 Å². The van der Waals surface area contributed by atoms with E-state index in [2.05, 4.69) is 37.4 Å². The van der Waals surface area contributed by atoms with Gasteiger partial charge in [-0.2, -0.15) is 4.98 Å². The first-order valence-corrected chi connectivity index (χ1v) is 12.2. The minimum atomic E-state index is -1.05. The molecular formula is C29H21F2N7O3. The topological polar surface area (TPSA) is 124 Å². The molecule has 0 spiro atoms. The van der Waals surface area contributed by atoms with Crippen molar-refractivity contribution < 1.29 is 13.6 Å². The molecule has 0 radical (unpaired) electrons. The van der Waals surface area contributed by atoms with Gasteiger partial charge < -0.3 is 10.6 Å². The SMILES string of the molecule is Cn1c(=O)c(C#CCNC(=O)c2cncn(Cc3ccc(F)c(F)c3)c2=O)cc2cnc(Nc3ccccc3)nc21. The monoisotopic (exact) mass is 553 g/mol. The van der Waals surface area contributed by atoms with Gasteiger partial charge in [0.2, 0.25) is 5.95 Å². The van der Waals surface area contributed by atoms with E-state index in [1.54, 1.807) is 19.3 Å². The standard InChI is InChI=1S/C29H21F2N7O3/c1-37-25-20(14-34-29(36-25)35-21-7-3-2-4-8-21)13-19(27(37)40)6-5-11-33-26(39)22-15-32-17-38(28(22)41)16-18-9-10-23(30)24(31)12-18/h2-4,7-10,12-15,17H,11,16H2,1H3,(H,33,39)(H,34,35,36). The summed E-state index contributed by atoms with van der Waals surface area (Å²) in [6.45, 7) is -0.267. The molecule has 1 amide bonds. The van der Waals surface area contributed by atoms with Crippen LogP contribution in [0.5, 0.6) is 0 Å². The van der Waals surface area contributed by atoms with Crippen LogP contribution < -0.4 is 21.8 Å². The number of amides is 1. The number of nitrogens with zero attached hydrogens (tertiary/aromatic N) is 5. The first-order valence-electron chi connectivity index (χ1n) is 12.2. The normalized spacial score (nSPS) is 10.6. The molecule has 0 saturated heterocycles. The molecule has 0 aliphatic heterocycles. The smallest absolute Gasteiger partial charge is 0.267 e. The Morgan fingerprint density at radius 2 is 1.80 bits per heavy atom. The van der Waals surface area contributed by atoms with E-state index >= 15 is 0 Å². The average molecular weight is 554 g/mol. The second-order valence-electron chi connectivity index (χ2n) is 8.86. The van der Waals surface area contributed by atoms with Gasteiger partial charge in [0.1, 0.15) is 11.2 Å². The molecule has 0 aliphatic rings. The lowest BCUT2D eigenvalue weighted by atomic mass is 10.2. The molecule has 3 aromatic heterocycles. The van der Waals surface area contributed by atoms with Crippen LogP contribution >= 0.6 is 0 Å². The number of pyridine rings is 1. The maximum absolute atomic E-state index is 13.5. The Morgan fingerprint density at radius 3 is 2.59 bits per heavy atom. The number of aryl methyl sites for hydroxylation is 1. The van der Waals surface area contributed by atoms with Crippen LogP contribution in [-0.4, -0.2) is 36.5 Å². The number of fused-ring (bicyclic) bond motifs is 1. The summed E-state index contributed by atoms with van der Waals surface area (Å²) in [6.07, 6.45) is 3.88. The number of anilines is 2. The molecule has 2 aromatic carbocycles. The summed E-state index contributed by atoms with van der Waals surface area (Å²) in [4.78, 5) is 50.9. The van der Waals surface area contributed by atoms with Crippen LogP contribution in [0.25, 0.3) is 11.0 Å². The first kappa shape index (κ1) is 26.9. The zero-order valence-electron chi connectivity index (χ0n) is 21.6. The number of hydrogen-bond donors (Lipinski definition) is 2. The summed E-state index contributed by atoms with van der Waals surface area (Å²) >= 11 is 0. The van der Waals surface area contributed by atoms with Crippen LogP contribution in [0.4, 0.5) is 20.4 Å². The fourth-order valence-corrected chi connectivity index (χ4v) is 3.96. The van der Waals surface area contributed by atoms with Gasteiger partial charge in [0, 0.05) is 30.5 Å². The van der Waals surface area contributed by atoms with Gasteiger partial charge in [-0.05, 0) is 35.9 Å². The van der Waals surface area contributed by atoms with E-state index in [1.807, 2.05) is 30.3 Å². The Morgan fingerprint density at radius 1 is 1.00 bits per heavy atom. The Bertz CT molecular complexity index is 1960. The van der Waals surface area contributed by atoms with Gasteiger partial charge in [0.05, 0.1) is 25.0 Å². The predicted octanol–water partition coefficient (Wildman–Crippen LogP) is 2.74. The molecule has 0 atom stereocenters. The molecule has 204 valence electrons. The fraction of sp³-hybridized carbons (Fsp3) is 0.103. The zero-order chi connectivity index (χ0) is 28.9. The Hall–Kier alpha value is -5.70. The molecule has 0 unspecified atom stereocenters. The fourth-order valence-electron chi connectivity index (χ4n) is 3.96. The average Bonchev–Trinajstić information content (AvgIpc) is 2.97. The van der Waals surface area contributed by atoms with E-state index in [1.165, 1.54) is 17.0 Å². The molecule has 41 heavy (non-hydrogen) atoms. The van der Waals surface area contributed by atoms with Crippen molar-refractivity contribution in [3.05, 3.63) is 122 Å². The highest BCUT2D eigenvalue weighted by Gasteiger charge is 2.13. The van der Waals surface area contributed by atoms with Crippen molar-refractivity contribution in [2.45, 2.75) is 6.54 Å². The molecule has 12 heteroatoms. The maximum Gasteiger partial charge on any atom is 0.267 e. The van der Waals surface area contributed by atoms with E-state index in [0.717, 1.165) is 28.6 Å². The molecule has 2 N–H and O–H groups in total. The molecule has 0 bridgehead atoms. The lowest BCUT2D eigenvalue weighted by Crippen LogP contribution is -2.33. The van der Waals surface area contributed by atoms with Crippen molar-refractivity contribution >= 4 is 28.6 Å². The van der Waals surface area contributed by atoms with E-state index in [4.69, 9.17) is 0 Å². The molecule has 5 aromatic rings. The lowest BCUT2D eigenvalue weighted by molar-refractivity contribution is 0.0956. The number of rotatable bonds is 6. The molecule has 3 heterocycles. The Kier molecular flexibility index (Phi) is 7.60. The number of nitrogens with one attached hydrogen (secondary N) is 2. The van der Waals surface area contributed by atoms with Crippen molar-refractivity contribution in [3.8, 4) is 11.8 Å². The van der Waals surface area contributed by atoms with Crippen LogP contribution in [0, 0.1) is 23.5 Å². The largest absolute Gasteiger partial charge is 0.341 e. The third kappa shape index (κ3) is 5.99. The molecule has 10 nitrogen and oxygen atoms in total. The molecule has 5 rings (SSSR count). The molecule has 0 fully saturated rings. The van der Waals surface area contributed by atoms with E-state index in [0.29, 0.717) is 22.5 Å². The van der Waals surface area contributed by atoms with Crippen LogP contribution in [0.1, 0.15) is 21.5 Å². The van der Waals surface area contributed by atoms with Crippen molar-refractivity contribution in [3.63, 3.8) is 0 Å². The minimum Gasteiger partial charge on any atom is -0.341 e. The van der Waals surface area contributed by atoms with Gasteiger partial charge in [0.25, 0.3) is 17.0 Å². The van der Waals surface area contributed by atoms with E-state index < -0.39 is 23.1 Å². The zero-order valence-corrected chi connectivity index (χ0v) is 21.6. The summed E-state index contributed by atoms with van der Waals surface area (Å²) in [7, 11) is 1.57. The Balaban J connectivity index is 1.28. The van der Waals surface area contributed by atoms with E-state index in [-0.39, 0.29) is 29.8 Å². The third-order valence-electron chi connectivity index (χ3n) is 6.02. The molecule has 0 aliphatic carbocycles. The first-order chi connectivity index (χ1) is 19.8. The summed E-state index contributed by atoms with van der Waals surface area (Å²) < 4.78 is 29.2. The summed E-state index contributed by atoms with van der Waals surface area (Å²) in [5.74, 6) is 3.00. The predicted molar refractivity (Wildman–Crippen MR) is 148 cm³/mol. The number of benzene rings is 2. The highest BCUT2D eigenvalue weighted by atomic mass is 19.2.